The van der Waals surface area contributed by atoms with Crippen LogP contribution in [-0.4, -0.2) is 38.7 Å². The highest BCUT2D eigenvalue weighted by molar-refractivity contribution is 5.99. The SMILES string of the molecule is CC(=O)c1c(N2CCc3c(ncnc3Oc3ccc(F)cc3C(F)(F)F)C2)cnn(C2CCCCO2)c1=O. The summed E-state index contributed by atoms with van der Waals surface area (Å²) < 4.78 is 66.2. The van der Waals surface area contributed by atoms with Crippen molar-refractivity contribution in [1.29, 1.82) is 0 Å². The average molecular weight is 533 g/mol. The van der Waals surface area contributed by atoms with Gasteiger partial charge in [-0.15, -0.1) is 0 Å². The van der Waals surface area contributed by atoms with Crippen LogP contribution in [0.2, 0.25) is 0 Å². The minimum absolute atomic E-state index is 0.0238. The number of carbonyl (C=O) groups excluding carboxylic acids is 1. The van der Waals surface area contributed by atoms with Gasteiger partial charge in [-0.2, -0.15) is 18.3 Å². The van der Waals surface area contributed by atoms with Gasteiger partial charge in [-0.1, -0.05) is 0 Å². The number of Topliss-reactive ketones (excluding diaryl/α,β-unsaturated/α-hetero) is 1. The smallest absolute Gasteiger partial charge is 0.420 e. The zero-order valence-electron chi connectivity index (χ0n) is 20.3. The van der Waals surface area contributed by atoms with Crippen LogP contribution in [-0.2, 0) is 23.9 Å². The van der Waals surface area contributed by atoms with E-state index >= 15 is 0 Å². The lowest BCUT2D eigenvalue weighted by Crippen LogP contribution is -2.38. The Hall–Kier alpha value is -3.87. The number of hydrogen-bond acceptors (Lipinski definition) is 8. The third kappa shape index (κ3) is 4.97. The standard InChI is InChI=1S/C25H23F4N5O4/c1-14(35)22-19(11-32-34(24(22)36)21-4-2-3-9-37-21)33-8-7-16-18(12-33)30-13-31-23(16)38-20-6-5-15(26)10-17(20)25(27,28)29/h5-6,10-11,13,21H,2-4,7-9,12H2,1H3. The Morgan fingerprint density at radius 1 is 1.21 bits per heavy atom. The number of ether oxygens (including phenoxy) is 2. The maximum Gasteiger partial charge on any atom is 0.420 e. The number of hydrogen-bond donors (Lipinski definition) is 0. The van der Waals surface area contributed by atoms with Crippen LogP contribution >= 0.6 is 0 Å². The summed E-state index contributed by atoms with van der Waals surface area (Å²) >= 11 is 0. The quantitative estimate of drug-likeness (QED) is 0.351. The lowest BCUT2D eigenvalue weighted by molar-refractivity contribution is -0.138. The van der Waals surface area contributed by atoms with E-state index < -0.39 is 40.9 Å². The number of carbonyl (C=O) groups is 1. The number of halogens is 4. The summed E-state index contributed by atoms with van der Waals surface area (Å²) in [6, 6.07) is 2.13. The van der Waals surface area contributed by atoms with Gasteiger partial charge in [0.15, 0.2) is 12.0 Å². The van der Waals surface area contributed by atoms with Crippen molar-refractivity contribution < 1.29 is 31.8 Å². The molecule has 5 rings (SSSR count). The molecule has 38 heavy (non-hydrogen) atoms. The summed E-state index contributed by atoms with van der Waals surface area (Å²) in [4.78, 5) is 35.8. The molecule has 0 amide bonds. The molecule has 1 aromatic carbocycles. The van der Waals surface area contributed by atoms with Crippen LogP contribution < -0.4 is 15.2 Å². The van der Waals surface area contributed by atoms with Crippen molar-refractivity contribution in [2.75, 3.05) is 18.1 Å². The molecule has 1 saturated heterocycles. The molecule has 9 nitrogen and oxygen atoms in total. The Labute approximate surface area is 214 Å². The van der Waals surface area contributed by atoms with Gasteiger partial charge in [0.2, 0.25) is 5.88 Å². The molecular formula is C25H23F4N5O4. The van der Waals surface area contributed by atoms with Gasteiger partial charge in [0, 0.05) is 18.7 Å². The molecule has 0 aliphatic carbocycles. The summed E-state index contributed by atoms with van der Waals surface area (Å²) in [6.07, 6.45) is -0.130. The van der Waals surface area contributed by atoms with E-state index in [-0.39, 0.29) is 31.0 Å². The fourth-order valence-electron chi connectivity index (χ4n) is 4.69. The first kappa shape index (κ1) is 25.8. The molecule has 13 heteroatoms. The molecule has 0 bridgehead atoms. The van der Waals surface area contributed by atoms with Gasteiger partial charge in [0.1, 0.15) is 29.0 Å². The fraction of sp³-hybridized carbons (Fsp3) is 0.400. The zero-order valence-corrected chi connectivity index (χ0v) is 20.3. The van der Waals surface area contributed by atoms with Crippen LogP contribution in [0.4, 0.5) is 23.2 Å². The highest BCUT2D eigenvalue weighted by Gasteiger charge is 2.36. The number of nitrogens with zero attached hydrogens (tertiary/aromatic N) is 5. The molecule has 2 aliphatic heterocycles. The Bertz CT molecular complexity index is 1440. The summed E-state index contributed by atoms with van der Waals surface area (Å²) in [6.45, 7) is 2.23. The van der Waals surface area contributed by atoms with Gasteiger partial charge in [0.05, 0.1) is 24.1 Å². The van der Waals surface area contributed by atoms with Crippen LogP contribution in [0.25, 0.3) is 0 Å². The van der Waals surface area contributed by atoms with E-state index in [9.17, 15) is 27.2 Å². The van der Waals surface area contributed by atoms with Crippen LogP contribution in [0.15, 0.2) is 35.5 Å². The third-order valence-electron chi connectivity index (χ3n) is 6.52. The summed E-state index contributed by atoms with van der Waals surface area (Å²) in [7, 11) is 0. The van der Waals surface area contributed by atoms with Gasteiger partial charge < -0.3 is 14.4 Å². The predicted octanol–water partition coefficient (Wildman–Crippen LogP) is 4.45. The van der Waals surface area contributed by atoms with Crippen LogP contribution in [0.3, 0.4) is 0 Å². The van der Waals surface area contributed by atoms with E-state index in [0.29, 0.717) is 36.0 Å². The minimum atomic E-state index is -4.83. The van der Waals surface area contributed by atoms with Crippen molar-refractivity contribution in [2.45, 2.75) is 51.6 Å². The van der Waals surface area contributed by atoms with Crippen molar-refractivity contribution in [3.63, 3.8) is 0 Å². The van der Waals surface area contributed by atoms with Gasteiger partial charge in [-0.05, 0) is 50.8 Å². The van der Waals surface area contributed by atoms with E-state index in [1.54, 1.807) is 4.90 Å². The summed E-state index contributed by atoms with van der Waals surface area (Å²) in [5.41, 5.74) is -0.574. The van der Waals surface area contributed by atoms with Gasteiger partial charge in [-0.3, -0.25) is 9.59 Å². The molecule has 0 spiro atoms. The van der Waals surface area contributed by atoms with Gasteiger partial charge in [-0.25, -0.2) is 19.0 Å². The first-order chi connectivity index (χ1) is 18.1. The lowest BCUT2D eigenvalue weighted by atomic mass is 10.0. The number of benzene rings is 1. The highest BCUT2D eigenvalue weighted by atomic mass is 19.4. The highest BCUT2D eigenvalue weighted by Crippen LogP contribution is 2.39. The van der Waals surface area contributed by atoms with Crippen molar-refractivity contribution in [3.8, 4) is 11.6 Å². The second-order valence-electron chi connectivity index (χ2n) is 9.05. The number of rotatable bonds is 5. The van der Waals surface area contributed by atoms with E-state index in [0.717, 1.165) is 31.3 Å². The first-order valence-corrected chi connectivity index (χ1v) is 12.0. The molecule has 4 heterocycles. The second kappa shape index (κ2) is 10.1. The van der Waals surface area contributed by atoms with Gasteiger partial charge in [0.25, 0.3) is 5.56 Å². The molecule has 2 aliphatic rings. The van der Waals surface area contributed by atoms with E-state index in [4.69, 9.17) is 9.47 Å². The maximum absolute atomic E-state index is 13.5. The van der Waals surface area contributed by atoms with E-state index in [2.05, 4.69) is 15.1 Å². The van der Waals surface area contributed by atoms with Crippen LogP contribution in [0.5, 0.6) is 11.6 Å². The number of alkyl halides is 3. The van der Waals surface area contributed by atoms with Gasteiger partial charge >= 0.3 is 6.18 Å². The van der Waals surface area contributed by atoms with Crippen molar-refractivity contribution in [2.24, 2.45) is 0 Å². The molecule has 1 atom stereocenters. The third-order valence-corrected chi connectivity index (χ3v) is 6.52. The molecule has 3 aromatic rings. The summed E-state index contributed by atoms with van der Waals surface area (Å²) in [5.74, 6) is -2.14. The first-order valence-electron chi connectivity index (χ1n) is 12.0. The molecule has 2 aromatic heterocycles. The van der Waals surface area contributed by atoms with Crippen molar-refractivity contribution in [1.82, 2.24) is 19.7 Å². The molecule has 0 N–H and O–H groups in total. The Balaban J connectivity index is 1.45. The lowest BCUT2D eigenvalue weighted by Gasteiger charge is -2.32. The number of anilines is 1. The Morgan fingerprint density at radius 3 is 2.74 bits per heavy atom. The topological polar surface area (TPSA) is 99.4 Å². The molecule has 1 unspecified atom stereocenters. The molecule has 1 fully saturated rings. The average Bonchev–Trinajstić information content (AvgIpc) is 2.89. The predicted molar refractivity (Wildman–Crippen MR) is 126 cm³/mol. The largest absolute Gasteiger partial charge is 0.438 e. The molecule has 200 valence electrons. The fourth-order valence-corrected chi connectivity index (χ4v) is 4.69. The molecule has 0 saturated carbocycles. The summed E-state index contributed by atoms with van der Waals surface area (Å²) in [5, 5.41) is 4.28. The molecule has 0 radical (unpaired) electrons. The second-order valence-corrected chi connectivity index (χ2v) is 9.05. The van der Waals surface area contributed by atoms with E-state index in [1.807, 2.05) is 0 Å². The van der Waals surface area contributed by atoms with Crippen molar-refractivity contribution >= 4 is 11.5 Å². The monoisotopic (exact) mass is 533 g/mol. The maximum atomic E-state index is 13.5. The Kier molecular flexibility index (Phi) is 6.86. The van der Waals surface area contributed by atoms with Crippen molar-refractivity contribution in [3.05, 3.63) is 69.3 Å². The number of ketones is 1. The van der Waals surface area contributed by atoms with Crippen LogP contribution in [0, 0.1) is 5.82 Å². The normalized spacial score (nSPS) is 17.7. The number of fused-ring (bicyclic) bond motifs is 1. The van der Waals surface area contributed by atoms with Crippen LogP contribution in [0.1, 0.15) is 59.6 Å². The minimum Gasteiger partial charge on any atom is -0.438 e. The molecular weight excluding hydrogens is 510 g/mol. The Morgan fingerprint density at radius 2 is 2.03 bits per heavy atom. The zero-order chi connectivity index (χ0) is 27.0. The van der Waals surface area contributed by atoms with E-state index in [1.165, 1.54) is 17.8 Å². The number of aromatic nitrogens is 4.